The van der Waals surface area contributed by atoms with Crippen LogP contribution in [0.3, 0.4) is 0 Å². The molecule has 2 fully saturated rings. The third kappa shape index (κ3) is 5.26. The average Bonchev–Trinajstić information content (AvgIpc) is 3.09. The summed E-state index contributed by atoms with van der Waals surface area (Å²) in [6.07, 6.45) is -6.96. The second kappa shape index (κ2) is 8.81. The van der Waals surface area contributed by atoms with Crippen LogP contribution in [0.15, 0.2) is 35.4 Å². The van der Waals surface area contributed by atoms with Gasteiger partial charge >= 0.3 is 12.4 Å². The van der Waals surface area contributed by atoms with Crippen molar-refractivity contribution in [1.82, 2.24) is 15.3 Å². The van der Waals surface area contributed by atoms with Crippen molar-refractivity contribution < 1.29 is 35.9 Å². The third-order valence-corrected chi connectivity index (χ3v) is 5.90. The number of hydrogen-bond acceptors (Lipinski definition) is 7. The standard InChI is InChI=1S/C20H15F6N5O2S/c21-19(22,23)11-7-12(20(24,25)26)9-14(8-11)30-3-5-31(6-4-30)17-27-2-1-13(28-17)10-15-16(32)29-18(33)34-15/h1-2,7-10H,3-6H2,(H,29,32,33)/b15-10+. The van der Waals surface area contributed by atoms with Gasteiger partial charge in [0.2, 0.25) is 5.95 Å². The maximum atomic E-state index is 13.2. The van der Waals surface area contributed by atoms with Crippen LogP contribution >= 0.6 is 11.8 Å². The zero-order valence-electron chi connectivity index (χ0n) is 17.1. The monoisotopic (exact) mass is 503 g/mol. The number of rotatable bonds is 3. The molecule has 1 N–H and O–H groups in total. The molecule has 0 unspecified atom stereocenters. The Balaban J connectivity index is 1.51. The minimum absolute atomic E-state index is 0.101. The Labute approximate surface area is 192 Å². The van der Waals surface area contributed by atoms with Crippen LogP contribution in [-0.4, -0.2) is 47.3 Å². The Kier molecular flexibility index (Phi) is 6.18. The SMILES string of the molecule is O=C1NC(=O)/C(=C\c2ccnc(N3CCN(c4cc(C(F)(F)F)cc(C(F)(F)F)c4)CC3)n2)S1. The summed E-state index contributed by atoms with van der Waals surface area (Å²) in [6.45, 7) is 0.761. The van der Waals surface area contributed by atoms with Gasteiger partial charge < -0.3 is 9.80 Å². The number of amides is 2. The molecule has 2 saturated heterocycles. The Hall–Kier alpha value is -3.29. The molecule has 1 aromatic heterocycles. The first-order valence-electron chi connectivity index (χ1n) is 9.77. The first-order valence-corrected chi connectivity index (χ1v) is 10.6. The largest absolute Gasteiger partial charge is 0.416 e. The van der Waals surface area contributed by atoms with Gasteiger partial charge in [-0.2, -0.15) is 26.3 Å². The van der Waals surface area contributed by atoms with E-state index in [0.29, 0.717) is 17.8 Å². The van der Waals surface area contributed by atoms with Gasteiger partial charge in [-0.05, 0) is 42.1 Å². The molecule has 2 aliphatic heterocycles. The lowest BCUT2D eigenvalue weighted by atomic mass is 10.1. The smallest absolute Gasteiger partial charge is 0.368 e. The van der Waals surface area contributed by atoms with E-state index in [0.717, 1.165) is 11.8 Å². The molecule has 2 aromatic rings. The normalized spacial score (nSPS) is 18.6. The minimum Gasteiger partial charge on any atom is -0.368 e. The third-order valence-electron chi connectivity index (χ3n) is 5.09. The maximum absolute atomic E-state index is 13.2. The highest BCUT2D eigenvalue weighted by Crippen LogP contribution is 2.38. The molecule has 0 radical (unpaired) electrons. The summed E-state index contributed by atoms with van der Waals surface area (Å²) in [4.78, 5) is 34.8. The molecule has 0 saturated carbocycles. The van der Waals surface area contributed by atoms with E-state index in [1.165, 1.54) is 23.2 Å². The summed E-state index contributed by atoms with van der Waals surface area (Å²) >= 11 is 0.734. The van der Waals surface area contributed by atoms with Gasteiger partial charge in [0.25, 0.3) is 11.1 Å². The van der Waals surface area contributed by atoms with Crippen molar-refractivity contribution >= 4 is 40.6 Å². The van der Waals surface area contributed by atoms with Crippen molar-refractivity contribution in [2.24, 2.45) is 0 Å². The topological polar surface area (TPSA) is 78.4 Å². The number of carbonyl (C=O) groups excluding carboxylic acids is 2. The minimum atomic E-state index is -4.92. The Morgan fingerprint density at radius 3 is 2.03 bits per heavy atom. The summed E-state index contributed by atoms with van der Waals surface area (Å²) < 4.78 is 78.9. The first-order chi connectivity index (χ1) is 15.9. The number of benzene rings is 1. The molecule has 14 heteroatoms. The van der Waals surface area contributed by atoms with E-state index in [-0.39, 0.29) is 48.8 Å². The number of hydrogen-bond donors (Lipinski definition) is 1. The zero-order valence-corrected chi connectivity index (χ0v) is 17.9. The van der Waals surface area contributed by atoms with Gasteiger partial charge in [0.1, 0.15) is 0 Å². The number of imide groups is 1. The van der Waals surface area contributed by atoms with Crippen molar-refractivity contribution in [3.63, 3.8) is 0 Å². The molecule has 0 spiro atoms. The van der Waals surface area contributed by atoms with Crippen LogP contribution in [0.5, 0.6) is 0 Å². The maximum Gasteiger partial charge on any atom is 0.416 e. The quantitative estimate of drug-likeness (QED) is 0.498. The fourth-order valence-electron chi connectivity index (χ4n) is 3.44. The fourth-order valence-corrected chi connectivity index (χ4v) is 4.10. The van der Waals surface area contributed by atoms with E-state index in [4.69, 9.17) is 0 Å². The van der Waals surface area contributed by atoms with Crippen LogP contribution in [-0.2, 0) is 17.1 Å². The zero-order chi connectivity index (χ0) is 24.7. The summed E-state index contributed by atoms with van der Waals surface area (Å²) in [7, 11) is 0. The summed E-state index contributed by atoms with van der Waals surface area (Å²) in [6, 6.07) is 3.05. The number of alkyl halides is 6. The summed E-state index contributed by atoms with van der Waals surface area (Å²) in [5.41, 5.74) is -2.53. The van der Waals surface area contributed by atoms with E-state index in [9.17, 15) is 35.9 Å². The fraction of sp³-hybridized carbons (Fsp3) is 0.300. The number of anilines is 2. The molecule has 2 aliphatic rings. The second-order valence-electron chi connectivity index (χ2n) is 7.37. The number of nitrogens with one attached hydrogen (secondary N) is 1. The Morgan fingerprint density at radius 2 is 1.50 bits per heavy atom. The lowest BCUT2D eigenvalue weighted by molar-refractivity contribution is -0.143. The van der Waals surface area contributed by atoms with Gasteiger partial charge in [-0.3, -0.25) is 14.9 Å². The van der Waals surface area contributed by atoms with E-state index in [1.54, 1.807) is 4.90 Å². The number of piperazine rings is 1. The average molecular weight is 503 g/mol. The van der Waals surface area contributed by atoms with Crippen molar-refractivity contribution in [3.8, 4) is 0 Å². The predicted octanol–water partition coefficient (Wildman–Crippen LogP) is 4.16. The molecule has 0 atom stereocenters. The van der Waals surface area contributed by atoms with Crippen molar-refractivity contribution in [2.75, 3.05) is 36.0 Å². The lowest BCUT2D eigenvalue weighted by Crippen LogP contribution is -2.47. The van der Waals surface area contributed by atoms with Crippen LogP contribution in [0.1, 0.15) is 16.8 Å². The van der Waals surface area contributed by atoms with Gasteiger partial charge in [-0.1, -0.05) is 0 Å². The van der Waals surface area contributed by atoms with Gasteiger partial charge in [-0.25, -0.2) is 9.97 Å². The number of thioether (sulfide) groups is 1. The van der Waals surface area contributed by atoms with Gasteiger partial charge in [-0.15, -0.1) is 0 Å². The molecule has 3 heterocycles. The molecule has 1 aromatic carbocycles. The number of aromatic nitrogens is 2. The number of halogens is 6. The number of nitrogens with zero attached hydrogens (tertiary/aromatic N) is 4. The van der Waals surface area contributed by atoms with Crippen LogP contribution in [0, 0.1) is 0 Å². The summed E-state index contributed by atoms with van der Waals surface area (Å²) in [5.74, 6) is -0.258. The molecular weight excluding hydrogens is 488 g/mol. The van der Waals surface area contributed by atoms with E-state index in [1.807, 2.05) is 0 Å². The molecule has 34 heavy (non-hydrogen) atoms. The van der Waals surface area contributed by atoms with Gasteiger partial charge in [0, 0.05) is 38.1 Å². The van der Waals surface area contributed by atoms with E-state index >= 15 is 0 Å². The molecule has 7 nitrogen and oxygen atoms in total. The van der Waals surface area contributed by atoms with Crippen LogP contribution in [0.25, 0.3) is 6.08 Å². The molecular formula is C20H15F6N5O2S. The van der Waals surface area contributed by atoms with Crippen molar-refractivity contribution in [3.05, 3.63) is 52.2 Å². The van der Waals surface area contributed by atoms with Crippen molar-refractivity contribution in [2.45, 2.75) is 12.4 Å². The number of carbonyl (C=O) groups is 2. The van der Waals surface area contributed by atoms with Gasteiger partial charge in [0.15, 0.2) is 0 Å². The van der Waals surface area contributed by atoms with Crippen LogP contribution in [0.2, 0.25) is 0 Å². The molecule has 2 amide bonds. The Bertz CT molecular complexity index is 1130. The van der Waals surface area contributed by atoms with E-state index < -0.39 is 34.6 Å². The highest BCUT2D eigenvalue weighted by Gasteiger charge is 2.37. The van der Waals surface area contributed by atoms with Crippen LogP contribution in [0.4, 0.5) is 42.8 Å². The molecule has 180 valence electrons. The first kappa shape index (κ1) is 23.9. The Morgan fingerprint density at radius 1 is 0.912 bits per heavy atom. The van der Waals surface area contributed by atoms with Crippen molar-refractivity contribution in [1.29, 1.82) is 0 Å². The predicted molar refractivity (Wildman–Crippen MR) is 112 cm³/mol. The van der Waals surface area contributed by atoms with E-state index in [2.05, 4.69) is 15.3 Å². The lowest BCUT2D eigenvalue weighted by Gasteiger charge is -2.36. The highest BCUT2D eigenvalue weighted by atomic mass is 32.2. The summed E-state index contributed by atoms with van der Waals surface area (Å²) in [5, 5.41) is 1.63. The molecule has 4 rings (SSSR count). The second-order valence-corrected chi connectivity index (χ2v) is 8.39. The van der Waals surface area contributed by atoms with Gasteiger partial charge in [0.05, 0.1) is 21.7 Å². The molecule has 0 bridgehead atoms. The highest BCUT2D eigenvalue weighted by molar-refractivity contribution is 8.18. The van der Waals surface area contributed by atoms with Crippen LogP contribution < -0.4 is 15.1 Å². The molecule has 0 aliphatic carbocycles.